The van der Waals surface area contributed by atoms with E-state index in [9.17, 15) is 18.8 Å². The number of carbonyl (C=O) groups is 3. The SMILES string of the molecule is O=C(ON1C(=O)CCC1=O)N1CCN(Cc2ccc(-n3cccn3)c(F)c2)CC1. The number of hydrogen-bond acceptors (Lipinski definition) is 6. The summed E-state index contributed by atoms with van der Waals surface area (Å²) in [7, 11) is 0. The maximum Gasteiger partial charge on any atom is 0.434 e. The van der Waals surface area contributed by atoms with Crippen molar-refractivity contribution in [1.29, 1.82) is 0 Å². The molecule has 1 aromatic heterocycles. The van der Waals surface area contributed by atoms with E-state index >= 15 is 0 Å². The summed E-state index contributed by atoms with van der Waals surface area (Å²) in [6, 6.07) is 6.76. The standard InChI is InChI=1S/C19H20FN5O4/c20-15-12-14(2-3-16(15)24-7-1-6-21-24)13-22-8-10-23(11-9-22)19(28)29-25-17(26)4-5-18(25)27/h1-3,6-7,12H,4-5,8-11,13H2. The number of benzene rings is 1. The molecule has 2 fully saturated rings. The molecule has 29 heavy (non-hydrogen) atoms. The number of hydrogen-bond donors (Lipinski definition) is 0. The molecule has 0 aliphatic carbocycles. The molecule has 9 nitrogen and oxygen atoms in total. The van der Waals surface area contributed by atoms with Crippen LogP contribution in [0.15, 0.2) is 36.7 Å². The van der Waals surface area contributed by atoms with E-state index in [1.54, 1.807) is 24.5 Å². The van der Waals surface area contributed by atoms with E-state index in [4.69, 9.17) is 4.84 Å². The van der Waals surface area contributed by atoms with Gasteiger partial charge in [0.15, 0.2) is 0 Å². The molecule has 2 aliphatic heterocycles. The minimum atomic E-state index is -0.706. The van der Waals surface area contributed by atoms with E-state index in [0.717, 1.165) is 5.56 Å². The summed E-state index contributed by atoms with van der Waals surface area (Å²) >= 11 is 0. The Morgan fingerprint density at radius 3 is 2.45 bits per heavy atom. The number of carbonyl (C=O) groups excluding carboxylic acids is 3. The van der Waals surface area contributed by atoms with Gasteiger partial charge in [-0.05, 0) is 23.8 Å². The second-order valence-electron chi connectivity index (χ2n) is 6.94. The lowest BCUT2D eigenvalue weighted by Gasteiger charge is -2.34. The van der Waals surface area contributed by atoms with Crippen molar-refractivity contribution < 1.29 is 23.6 Å². The lowest BCUT2D eigenvalue weighted by Crippen LogP contribution is -2.50. The fourth-order valence-corrected chi connectivity index (χ4v) is 3.39. The van der Waals surface area contributed by atoms with Crippen LogP contribution in [0.25, 0.3) is 5.69 Å². The quantitative estimate of drug-likeness (QED) is 0.719. The molecule has 0 spiro atoms. The third kappa shape index (κ3) is 4.11. The number of aromatic nitrogens is 2. The lowest BCUT2D eigenvalue weighted by atomic mass is 10.1. The van der Waals surface area contributed by atoms with Crippen LogP contribution in [0.1, 0.15) is 18.4 Å². The van der Waals surface area contributed by atoms with Crippen LogP contribution < -0.4 is 0 Å². The van der Waals surface area contributed by atoms with E-state index < -0.39 is 17.9 Å². The summed E-state index contributed by atoms with van der Waals surface area (Å²) in [4.78, 5) is 43.8. The van der Waals surface area contributed by atoms with Crippen LogP contribution in [0.5, 0.6) is 0 Å². The number of nitrogens with zero attached hydrogens (tertiary/aromatic N) is 5. The van der Waals surface area contributed by atoms with Crippen LogP contribution in [-0.2, 0) is 21.0 Å². The lowest BCUT2D eigenvalue weighted by molar-refractivity contribution is -0.174. The van der Waals surface area contributed by atoms with Gasteiger partial charge in [0, 0.05) is 58.0 Å². The predicted octanol–water partition coefficient (Wildman–Crippen LogP) is 1.33. The van der Waals surface area contributed by atoms with Crippen LogP contribution in [0.4, 0.5) is 9.18 Å². The molecule has 0 bridgehead atoms. The average Bonchev–Trinajstić information content (AvgIpc) is 3.34. The molecule has 0 N–H and O–H groups in total. The van der Waals surface area contributed by atoms with E-state index in [-0.39, 0.29) is 18.7 Å². The minimum absolute atomic E-state index is 0.0651. The zero-order valence-corrected chi connectivity index (χ0v) is 15.7. The van der Waals surface area contributed by atoms with Crippen LogP contribution in [0.3, 0.4) is 0 Å². The first-order valence-corrected chi connectivity index (χ1v) is 9.35. The van der Waals surface area contributed by atoms with E-state index in [1.807, 2.05) is 6.07 Å². The molecular formula is C19H20FN5O4. The monoisotopic (exact) mass is 401 g/mol. The summed E-state index contributed by atoms with van der Waals surface area (Å²) in [6.07, 6.45) is 2.70. The highest BCUT2D eigenvalue weighted by atomic mass is 19.1. The first kappa shape index (κ1) is 19.1. The Labute approximate surface area is 166 Å². The second-order valence-corrected chi connectivity index (χ2v) is 6.94. The topological polar surface area (TPSA) is 88.0 Å². The highest BCUT2D eigenvalue weighted by Gasteiger charge is 2.34. The molecule has 2 aromatic rings. The molecular weight excluding hydrogens is 381 g/mol. The van der Waals surface area contributed by atoms with Crippen molar-refractivity contribution in [2.24, 2.45) is 0 Å². The third-order valence-electron chi connectivity index (χ3n) is 4.98. The van der Waals surface area contributed by atoms with Crippen molar-refractivity contribution in [2.45, 2.75) is 19.4 Å². The molecule has 0 atom stereocenters. The summed E-state index contributed by atoms with van der Waals surface area (Å²) in [5, 5.41) is 4.59. The number of halogens is 1. The zero-order valence-electron chi connectivity index (χ0n) is 15.7. The molecule has 0 saturated carbocycles. The van der Waals surface area contributed by atoms with Gasteiger partial charge < -0.3 is 9.74 Å². The summed E-state index contributed by atoms with van der Waals surface area (Å²) < 4.78 is 15.9. The van der Waals surface area contributed by atoms with Crippen molar-refractivity contribution >= 4 is 17.9 Å². The maximum absolute atomic E-state index is 14.4. The van der Waals surface area contributed by atoms with Crippen molar-refractivity contribution in [2.75, 3.05) is 26.2 Å². The third-order valence-corrected chi connectivity index (χ3v) is 4.98. The van der Waals surface area contributed by atoms with E-state index in [0.29, 0.717) is 43.5 Å². The first-order valence-electron chi connectivity index (χ1n) is 9.35. The van der Waals surface area contributed by atoms with Gasteiger partial charge in [0.2, 0.25) is 0 Å². The van der Waals surface area contributed by atoms with Crippen LogP contribution >= 0.6 is 0 Å². The molecule has 4 rings (SSSR count). The number of amides is 3. The molecule has 1 aromatic carbocycles. The maximum atomic E-state index is 14.4. The van der Waals surface area contributed by atoms with Crippen LogP contribution in [0.2, 0.25) is 0 Å². The Kier molecular flexibility index (Phi) is 5.26. The van der Waals surface area contributed by atoms with Crippen molar-refractivity contribution in [1.82, 2.24) is 24.6 Å². The van der Waals surface area contributed by atoms with Crippen LogP contribution in [-0.4, -0.2) is 68.7 Å². The average molecular weight is 401 g/mol. The number of imide groups is 1. The fraction of sp³-hybridized carbons (Fsp3) is 0.368. The highest BCUT2D eigenvalue weighted by Crippen LogP contribution is 2.18. The van der Waals surface area contributed by atoms with Gasteiger partial charge in [0.25, 0.3) is 11.8 Å². The molecule has 0 unspecified atom stereocenters. The minimum Gasteiger partial charge on any atom is -0.311 e. The molecule has 2 saturated heterocycles. The van der Waals surface area contributed by atoms with Crippen molar-refractivity contribution in [3.05, 3.63) is 48.0 Å². The molecule has 2 aliphatic rings. The summed E-state index contributed by atoms with van der Waals surface area (Å²) in [5.74, 6) is -1.35. The largest absolute Gasteiger partial charge is 0.434 e. The molecule has 3 heterocycles. The van der Waals surface area contributed by atoms with Gasteiger partial charge in [-0.15, -0.1) is 5.06 Å². The number of piperazine rings is 1. The van der Waals surface area contributed by atoms with Gasteiger partial charge >= 0.3 is 6.09 Å². The van der Waals surface area contributed by atoms with Gasteiger partial charge in [-0.1, -0.05) is 6.07 Å². The molecule has 3 amide bonds. The van der Waals surface area contributed by atoms with E-state index in [2.05, 4.69) is 10.00 Å². The number of rotatable bonds is 4. The zero-order chi connectivity index (χ0) is 20.4. The fourth-order valence-electron chi connectivity index (χ4n) is 3.39. The molecule has 0 radical (unpaired) electrons. The normalized spacial score (nSPS) is 17.8. The number of hydroxylamine groups is 2. The Bertz CT molecular complexity index is 909. The van der Waals surface area contributed by atoms with Gasteiger partial charge in [-0.25, -0.2) is 13.9 Å². The highest BCUT2D eigenvalue weighted by molar-refractivity contribution is 6.01. The van der Waals surface area contributed by atoms with E-state index in [1.165, 1.54) is 15.6 Å². The first-order chi connectivity index (χ1) is 14.0. The Hall–Kier alpha value is -3.27. The van der Waals surface area contributed by atoms with Gasteiger partial charge in [0.05, 0.1) is 0 Å². The Morgan fingerprint density at radius 1 is 1.10 bits per heavy atom. The summed E-state index contributed by atoms with van der Waals surface area (Å²) in [6.45, 7) is 2.47. The van der Waals surface area contributed by atoms with Crippen molar-refractivity contribution in [3.8, 4) is 5.69 Å². The predicted molar refractivity (Wildman–Crippen MR) is 97.9 cm³/mol. The second kappa shape index (κ2) is 8.00. The summed E-state index contributed by atoms with van der Waals surface area (Å²) in [5.41, 5.74) is 1.21. The molecule has 10 heteroatoms. The van der Waals surface area contributed by atoms with Gasteiger partial charge in [-0.3, -0.25) is 14.5 Å². The van der Waals surface area contributed by atoms with Gasteiger partial charge in [-0.2, -0.15) is 5.10 Å². The Morgan fingerprint density at radius 2 is 1.83 bits per heavy atom. The molecule has 152 valence electrons. The smallest absolute Gasteiger partial charge is 0.311 e. The Balaban J connectivity index is 1.30. The van der Waals surface area contributed by atoms with Crippen LogP contribution in [0, 0.1) is 5.82 Å². The van der Waals surface area contributed by atoms with Gasteiger partial charge in [0.1, 0.15) is 11.5 Å². The van der Waals surface area contributed by atoms with Crippen molar-refractivity contribution in [3.63, 3.8) is 0 Å².